The van der Waals surface area contributed by atoms with Crippen LogP contribution in [-0.4, -0.2) is 22.5 Å². The van der Waals surface area contributed by atoms with Crippen molar-refractivity contribution < 1.29 is 14.0 Å². The number of thiazole rings is 1. The molecule has 0 spiro atoms. The van der Waals surface area contributed by atoms with Gasteiger partial charge in [0.2, 0.25) is 0 Å². The molecule has 36 heavy (non-hydrogen) atoms. The van der Waals surface area contributed by atoms with Gasteiger partial charge in [0, 0.05) is 16.8 Å². The zero-order valence-corrected chi connectivity index (χ0v) is 21.8. The van der Waals surface area contributed by atoms with E-state index in [0.717, 1.165) is 32.6 Å². The predicted octanol–water partition coefficient (Wildman–Crippen LogP) is 6.76. The normalized spacial score (nSPS) is 11.4. The molecule has 0 aliphatic carbocycles. The maximum Gasteiger partial charge on any atom is 0.321 e. The van der Waals surface area contributed by atoms with Crippen molar-refractivity contribution in [3.8, 4) is 0 Å². The highest BCUT2D eigenvalue weighted by Crippen LogP contribution is 2.28. The number of amides is 3. The molecule has 0 aliphatic heterocycles. The number of nitrogens with one attached hydrogen (secondary N) is 3. The first-order chi connectivity index (χ1) is 17.0. The molecule has 4 aromatic rings. The van der Waals surface area contributed by atoms with Crippen LogP contribution in [0.4, 0.5) is 20.0 Å². The largest absolute Gasteiger partial charge is 0.333 e. The fourth-order valence-electron chi connectivity index (χ4n) is 4.27. The smallest absolute Gasteiger partial charge is 0.321 e. The van der Waals surface area contributed by atoms with Crippen molar-refractivity contribution in [2.45, 2.75) is 46.6 Å². The van der Waals surface area contributed by atoms with Crippen LogP contribution in [0, 0.1) is 26.6 Å². The van der Waals surface area contributed by atoms with Gasteiger partial charge in [-0.3, -0.25) is 10.1 Å². The lowest BCUT2D eigenvalue weighted by Gasteiger charge is -2.26. The number of benzene rings is 3. The Hall–Kier alpha value is -3.78. The maximum absolute atomic E-state index is 13.2. The third kappa shape index (κ3) is 6.07. The third-order valence-corrected chi connectivity index (χ3v) is 6.73. The summed E-state index contributed by atoms with van der Waals surface area (Å²) in [5.74, 6) is -0.491. The van der Waals surface area contributed by atoms with Crippen LogP contribution in [0.25, 0.3) is 10.2 Å². The Kier molecular flexibility index (Phi) is 7.08. The average molecular weight is 505 g/mol. The third-order valence-electron chi connectivity index (χ3n) is 5.80. The first-order valence-electron chi connectivity index (χ1n) is 11.6. The van der Waals surface area contributed by atoms with Crippen LogP contribution in [0.5, 0.6) is 0 Å². The molecule has 186 valence electrons. The molecular formula is C28H29FN4O2S. The fourth-order valence-corrected chi connectivity index (χ4v) is 5.17. The molecule has 0 unspecified atom stereocenters. The Balaban J connectivity index is 1.43. The van der Waals surface area contributed by atoms with E-state index in [4.69, 9.17) is 0 Å². The van der Waals surface area contributed by atoms with E-state index in [1.165, 1.54) is 23.5 Å². The van der Waals surface area contributed by atoms with Crippen molar-refractivity contribution in [3.05, 3.63) is 88.2 Å². The molecule has 0 saturated carbocycles. The summed E-state index contributed by atoms with van der Waals surface area (Å²) in [4.78, 5) is 30.0. The van der Waals surface area contributed by atoms with Gasteiger partial charge in [0.15, 0.2) is 5.13 Å². The summed E-state index contributed by atoms with van der Waals surface area (Å²) in [7, 11) is 0. The van der Waals surface area contributed by atoms with E-state index in [1.54, 1.807) is 30.3 Å². The average Bonchev–Trinajstić information content (AvgIpc) is 3.18. The lowest BCUT2D eigenvalue weighted by atomic mass is 9.95. The predicted molar refractivity (Wildman–Crippen MR) is 145 cm³/mol. The second-order valence-corrected chi connectivity index (χ2v) is 10.7. The summed E-state index contributed by atoms with van der Waals surface area (Å²) in [5.41, 5.74) is 5.56. The minimum absolute atomic E-state index is 0.199. The second kappa shape index (κ2) is 10.1. The van der Waals surface area contributed by atoms with Crippen molar-refractivity contribution in [1.29, 1.82) is 0 Å². The van der Waals surface area contributed by atoms with Crippen molar-refractivity contribution in [2.24, 2.45) is 0 Å². The van der Waals surface area contributed by atoms with E-state index in [9.17, 15) is 14.0 Å². The van der Waals surface area contributed by atoms with Gasteiger partial charge < -0.3 is 10.6 Å². The SMILES string of the molecule is Cc1cc(C)c(NC(=O)c2ccc3nc(NC(=O)NC(C)(C)Cc4ccc(F)cc4)sc3c2)c(C)c1. The summed E-state index contributed by atoms with van der Waals surface area (Å²) < 4.78 is 14.0. The van der Waals surface area contributed by atoms with Crippen LogP contribution in [0.3, 0.4) is 0 Å². The van der Waals surface area contributed by atoms with Crippen molar-refractivity contribution in [3.63, 3.8) is 0 Å². The summed E-state index contributed by atoms with van der Waals surface area (Å²) in [6.07, 6.45) is 0.541. The Bertz CT molecular complexity index is 1420. The van der Waals surface area contributed by atoms with Crippen LogP contribution in [0.1, 0.15) is 46.5 Å². The molecule has 3 amide bonds. The number of carbonyl (C=O) groups excluding carboxylic acids is 2. The number of urea groups is 1. The van der Waals surface area contributed by atoms with Crippen molar-refractivity contribution in [2.75, 3.05) is 10.6 Å². The van der Waals surface area contributed by atoms with Gasteiger partial charge >= 0.3 is 6.03 Å². The summed E-state index contributed by atoms with van der Waals surface area (Å²) >= 11 is 1.30. The number of aromatic nitrogens is 1. The number of hydrogen-bond acceptors (Lipinski definition) is 4. The summed E-state index contributed by atoms with van der Waals surface area (Å²) in [6, 6.07) is 15.2. The molecule has 3 aromatic carbocycles. The van der Waals surface area contributed by atoms with Crippen LogP contribution in [-0.2, 0) is 6.42 Å². The van der Waals surface area contributed by atoms with Gasteiger partial charge in [-0.05, 0) is 88.1 Å². The number of nitrogens with zero attached hydrogens (tertiary/aromatic N) is 1. The highest BCUT2D eigenvalue weighted by Gasteiger charge is 2.22. The number of halogens is 1. The molecule has 6 nitrogen and oxygen atoms in total. The molecule has 0 fully saturated rings. The van der Waals surface area contributed by atoms with E-state index in [2.05, 4.69) is 20.9 Å². The summed E-state index contributed by atoms with van der Waals surface area (Å²) in [6.45, 7) is 9.78. The molecule has 0 aliphatic rings. The van der Waals surface area contributed by atoms with Gasteiger partial charge in [-0.1, -0.05) is 41.2 Å². The van der Waals surface area contributed by atoms with Gasteiger partial charge in [-0.2, -0.15) is 0 Å². The van der Waals surface area contributed by atoms with Crippen LogP contribution < -0.4 is 16.0 Å². The highest BCUT2D eigenvalue weighted by molar-refractivity contribution is 7.22. The lowest BCUT2D eigenvalue weighted by Crippen LogP contribution is -2.47. The molecule has 1 heterocycles. The summed E-state index contributed by atoms with van der Waals surface area (Å²) in [5, 5.41) is 9.18. The van der Waals surface area contributed by atoms with Gasteiger partial charge in [0.25, 0.3) is 5.91 Å². The standard InChI is InChI=1S/C28H29FN4O2S/c1-16-12-17(2)24(18(3)13-16)31-25(34)20-8-11-22-23(14-20)36-27(30-22)32-26(35)33-28(4,5)15-19-6-9-21(29)10-7-19/h6-14H,15H2,1-5H3,(H,31,34)(H2,30,32,33,35). The van der Waals surface area contributed by atoms with Crippen molar-refractivity contribution in [1.82, 2.24) is 10.3 Å². The Labute approximate surface area is 214 Å². The zero-order chi connectivity index (χ0) is 26.0. The van der Waals surface area contributed by atoms with E-state index >= 15 is 0 Å². The molecule has 3 N–H and O–H groups in total. The molecule has 0 atom stereocenters. The lowest BCUT2D eigenvalue weighted by molar-refractivity contribution is 0.102. The number of hydrogen-bond donors (Lipinski definition) is 3. The van der Waals surface area contributed by atoms with Gasteiger partial charge in [-0.15, -0.1) is 0 Å². The minimum Gasteiger partial charge on any atom is -0.333 e. The topological polar surface area (TPSA) is 83.1 Å². The van der Waals surface area contributed by atoms with E-state index in [1.807, 2.05) is 46.8 Å². The highest BCUT2D eigenvalue weighted by atomic mass is 32.1. The fraction of sp³-hybridized carbons (Fsp3) is 0.250. The molecule has 1 aromatic heterocycles. The van der Waals surface area contributed by atoms with Crippen LogP contribution in [0.15, 0.2) is 54.6 Å². The second-order valence-electron chi connectivity index (χ2n) is 9.70. The molecular weight excluding hydrogens is 475 g/mol. The Morgan fingerprint density at radius 1 is 0.944 bits per heavy atom. The van der Waals surface area contributed by atoms with E-state index < -0.39 is 5.54 Å². The van der Waals surface area contributed by atoms with Gasteiger partial charge in [-0.25, -0.2) is 14.2 Å². The minimum atomic E-state index is -0.559. The van der Waals surface area contributed by atoms with E-state index in [0.29, 0.717) is 22.6 Å². The van der Waals surface area contributed by atoms with Crippen LogP contribution >= 0.6 is 11.3 Å². The number of fused-ring (bicyclic) bond motifs is 1. The number of anilines is 2. The van der Waals surface area contributed by atoms with Gasteiger partial charge in [0.05, 0.1) is 10.2 Å². The Morgan fingerprint density at radius 2 is 1.61 bits per heavy atom. The number of carbonyl (C=O) groups is 2. The monoisotopic (exact) mass is 504 g/mol. The van der Waals surface area contributed by atoms with Crippen molar-refractivity contribution >= 4 is 44.3 Å². The van der Waals surface area contributed by atoms with E-state index in [-0.39, 0.29) is 17.8 Å². The molecule has 0 bridgehead atoms. The zero-order valence-electron chi connectivity index (χ0n) is 21.0. The number of aryl methyl sites for hydroxylation is 3. The first kappa shape index (κ1) is 25.3. The first-order valence-corrected chi connectivity index (χ1v) is 12.4. The quantitative estimate of drug-likeness (QED) is 0.271. The number of rotatable bonds is 6. The molecule has 4 rings (SSSR count). The molecule has 0 saturated heterocycles. The van der Waals surface area contributed by atoms with Crippen LogP contribution in [0.2, 0.25) is 0 Å². The maximum atomic E-state index is 13.2. The Morgan fingerprint density at radius 3 is 2.28 bits per heavy atom. The van der Waals surface area contributed by atoms with Gasteiger partial charge in [0.1, 0.15) is 5.82 Å². The molecule has 0 radical (unpaired) electrons. The molecule has 8 heteroatoms.